The van der Waals surface area contributed by atoms with E-state index in [4.69, 9.17) is 5.73 Å². The van der Waals surface area contributed by atoms with Gasteiger partial charge >= 0.3 is 0 Å². The lowest BCUT2D eigenvalue weighted by atomic mass is 10.1. The van der Waals surface area contributed by atoms with Gasteiger partial charge in [0.15, 0.2) is 0 Å². The molecular formula is C17H17FN2. The molecule has 3 heteroatoms. The second-order valence-electron chi connectivity index (χ2n) is 4.55. The van der Waals surface area contributed by atoms with Gasteiger partial charge in [0.05, 0.1) is 12.3 Å². The Morgan fingerprint density at radius 3 is 2.40 bits per heavy atom. The van der Waals surface area contributed by atoms with Gasteiger partial charge in [0.1, 0.15) is 5.82 Å². The van der Waals surface area contributed by atoms with Crippen molar-refractivity contribution in [3.05, 3.63) is 83.3 Å². The van der Waals surface area contributed by atoms with Crippen LogP contribution in [0.2, 0.25) is 0 Å². The standard InChI is InChI=1S/C17H17FN2/c1-13(19)11-17(14-7-3-2-4-8-14)20-12-15-9-5-6-10-16(15)18/h2-11H,12,19H2,1H3. The molecule has 102 valence electrons. The number of allylic oxidation sites excluding steroid dienone is 2. The SMILES string of the molecule is CC(N)=CC(=NCc1ccccc1F)c1ccccc1. The van der Waals surface area contributed by atoms with Crippen LogP contribution in [0.4, 0.5) is 4.39 Å². The monoisotopic (exact) mass is 268 g/mol. The third-order valence-electron chi connectivity index (χ3n) is 2.81. The molecule has 0 aliphatic carbocycles. The molecule has 2 aromatic carbocycles. The minimum atomic E-state index is -0.239. The molecule has 0 aromatic heterocycles. The average molecular weight is 268 g/mol. The summed E-state index contributed by atoms with van der Waals surface area (Å²) >= 11 is 0. The van der Waals surface area contributed by atoms with E-state index in [0.29, 0.717) is 17.8 Å². The molecule has 0 atom stereocenters. The zero-order chi connectivity index (χ0) is 14.4. The minimum Gasteiger partial charge on any atom is -0.402 e. The van der Waals surface area contributed by atoms with Crippen LogP contribution < -0.4 is 5.73 Å². The third kappa shape index (κ3) is 3.79. The van der Waals surface area contributed by atoms with Crippen molar-refractivity contribution < 1.29 is 4.39 Å². The second-order valence-corrected chi connectivity index (χ2v) is 4.55. The lowest BCUT2D eigenvalue weighted by Crippen LogP contribution is -2.03. The summed E-state index contributed by atoms with van der Waals surface area (Å²) in [5, 5.41) is 0. The smallest absolute Gasteiger partial charge is 0.128 e. The summed E-state index contributed by atoms with van der Waals surface area (Å²) in [5.41, 5.74) is 8.70. The van der Waals surface area contributed by atoms with Crippen molar-refractivity contribution in [2.24, 2.45) is 10.7 Å². The van der Waals surface area contributed by atoms with Gasteiger partial charge in [0.25, 0.3) is 0 Å². The van der Waals surface area contributed by atoms with Crippen LogP contribution in [0, 0.1) is 5.82 Å². The molecule has 2 nitrogen and oxygen atoms in total. The molecule has 0 fully saturated rings. The molecule has 0 aliphatic heterocycles. The molecule has 2 aromatic rings. The number of nitrogens with two attached hydrogens (primary N) is 1. The van der Waals surface area contributed by atoms with E-state index in [0.717, 1.165) is 11.3 Å². The molecular weight excluding hydrogens is 251 g/mol. The van der Waals surface area contributed by atoms with Crippen molar-refractivity contribution >= 4 is 5.71 Å². The fourth-order valence-electron chi connectivity index (χ4n) is 1.84. The first-order valence-corrected chi connectivity index (χ1v) is 6.44. The largest absolute Gasteiger partial charge is 0.402 e. The Labute approximate surface area is 118 Å². The van der Waals surface area contributed by atoms with E-state index in [2.05, 4.69) is 4.99 Å². The van der Waals surface area contributed by atoms with Crippen LogP contribution in [-0.2, 0) is 6.54 Å². The van der Waals surface area contributed by atoms with Gasteiger partial charge in [-0.15, -0.1) is 0 Å². The second kappa shape index (κ2) is 6.66. The molecule has 0 saturated heterocycles. The van der Waals surface area contributed by atoms with Gasteiger partial charge in [-0.25, -0.2) is 4.39 Å². The molecule has 0 bridgehead atoms. The van der Waals surface area contributed by atoms with E-state index in [1.54, 1.807) is 24.3 Å². The van der Waals surface area contributed by atoms with Crippen molar-refractivity contribution in [1.29, 1.82) is 0 Å². The number of hydrogen-bond acceptors (Lipinski definition) is 2. The van der Waals surface area contributed by atoms with Crippen LogP contribution in [0.25, 0.3) is 0 Å². The number of nitrogens with zero attached hydrogens (tertiary/aromatic N) is 1. The summed E-state index contributed by atoms with van der Waals surface area (Å²) in [6.45, 7) is 2.10. The van der Waals surface area contributed by atoms with Crippen molar-refractivity contribution in [3.63, 3.8) is 0 Å². The van der Waals surface area contributed by atoms with Crippen molar-refractivity contribution in [2.45, 2.75) is 13.5 Å². The van der Waals surface area contributed by atoms with E-state index in [1.807, 2.05) is 37.3 Å². The number of benzene rings is 2. The molecule has 2 rings (SSSR count). The van der Waals surface area contributed by atoms with Gasteiger partial charge in [0, 0.05) is 11.3 Å². The van der Waals surface area contributed by atoms with Gasteiger partial charge in [-0.1, -0.05) is 48.5 Å². The maximum Gasteiger partial charge on any atom is 0.128 e. The number of rotatable bonds is 4. The number of halogens is 1. The fourth-order valence-corrected chi connectivity index (χ4v) is 1.84. The zero-order valence-electron chi connectivity index (χ0n) is 11.4. The predicted molar refractivity (Wildman–Crippen MR) is 81.0 cm³/mol. The number of hydrogen-bond donors (Lipinski definition) is 1. The Morgan fingerprint density at radius 2 is 1.75 bits per heavy atom. The first kappa shape index (κ1) is 14.0. The molecule has 0 aliphatic rings. The molecule has 0 saturated carbocycles. The summed E-state index contributed by atoms with van der Waals surface area (Å²) in [6.07, 6.45) is 1.80. The maximum absolute atomic E-state index is 13.6. The highest BCUT2D eigenvalue weighted by Gasteiger charge is 2.02. The lowest BCUT2D eigenvalue weighted by Gasteiger charge is -2.04. The first-order chi connectivity index (χ1) is 9.66. The van der Waals surface area contributed by atoms with Gasteiger partial charge < -0.3 is 5.73 Å². The molecule has 0 unspecified atom stereocenters. The summed E-state index contributed by atoms with van der Waals surface area (Å²) in [4.78, 5) is 4.49. The third-order valence-corrected chi connectivity index (χ3v) is 2.81. The van der Waals surface area contributed by atoms with Gasteiger partial charge in [0.2, 0.25) is 0 Å². The summed E-state index contributed by atoms with van der Waals surface area (Å²) in [7, 11) is 0. The molecule has 2 N–H and O–H groups in total. The van der Waals surface area contributed by atoms with Crippen LogP contribution in [0.1, 0.15) is 18.1 Å². The van der Waals surface area contributed by atoms with Crippen LogP contribution in [0.15, 0.2) is 71.4 Å². The molecule has 0 spiro atoms. The molecule has 0 radical (unpaired) electrons. The Morgan fingerprint density at radius 1 is 1.10 bits per heavy atom. The highest BCUT2D eigenvalue weighted by molar-refractivity contribution is 6.08. The quantitative estimate of drug-likeness (QED) is 0.844. The Hall–Kier alpha value is -2.42. The predicted octanol–water partition coefficient (Wildman–Crippen LogP) is 3.68. The molecule has 20 heavy (non-hydrogen) atoms. The normalized spacial score (nSPS) is 12.5. The Kier molecular flexibility index (Phi) is 4.66. The van der Waals surface area contributed by atoms with Gasteiger partial charge in [-0.2, -0.15) is 0 Å². The highest BCUT2D eigenvalue weighted by atomic mass is 19.1. The highest BCUT2D eigenvalue weighted by Crippen LogP contribution is 2.10. The van der Waals surface area contributed by atoms with E-state index >= 15 is 0 Å². The van der Waals surface area contributed by atoms with Crippen molar-refractivity contribution in [1.82, 2.24) is 0 Å². The summed E-state index contributed by atoms with van der Waals surface area (Å²) < 4.78 is 13.6. The fraction of sp³-hybridized carbons (Fsp3) is 0.118. The summed E-state index contributed by atoms with van der Waals surface area (Å²) in [6, 6.07) is 16.4. The van der Waals surface area contributed by atoms with Crippen LogP contribution >= 0.6 is 0 Å². The van der Waals surface area contributed by atoms with Gasteiger partial charge in [-0.05, 0) is 24.6 Å². The summed E-state index contributed by atoms with van der Waals surface area (Å²) in [5.74, 6) is -0.239. The molecule has 0 amide bonds. The van der Waals surface area contributed by atoms with Crippen LogP contribution in [0.3, 0.4) is 0 Å². The van der Waals surface area contributed by atoms with E-state index in [1.165, 1.54) is 6.07 Å². The average Bonchev–Trinajstić information content (AvgIpc) is 2.45. The Bertz CT molecular complexity index is 626. The minimum absolute atomic E-state index is 0.239. The van der Waals surface area contributed by atoms with Crippen LogP contribution in [-0.4, -0.2) is 5.71 Å². The van der Waals surface area contributed by atoms with Crippen molar-refractivity contribution in [2.75, 3.05) is 0 Å². The zero-order valence-corrected chi connectivity index (χ0v) is 11.4. The first-order valence-electron chi connectivity index (χ1n) is 6.44. The lowest BCUT2D eigenvalue weighted by molar-refractivity contribution is 0.611. The van der Waals surface area contributed by atoms with Gasteiger partial charge in [-0.3, -0.25) is 4.99 Å². The van der Waals surface area contributed by atoms with Crippen LogP contribution in [0.5, 0.6) is 0 Å². The van der Waals surface area contributed by atoms with Crippen molar-refractivity contribution in [3.8, 4) is 0 Å². The van der Waals surface area contributed by atoms with E-state index in [9.17, 15) is 4.39 Å². The van der Waals surface area contributed by atoms with E-state index < -0.39 is 0 Å². The van der Waals surface area contributed by atoms with E-state index in [-0.39, 0.29) is 5.82 Å². The topological polar surface area (TPSA) is 38.4 Å². The Balaban J connectivity index is 2.31. The number of aliphatic imine (C=N–C) groups is 1. The maximum atomic E-state index is 13.6. The molecule has 0 heterocycles.